The lowest BCUT2D eigenvalue weighted by molar-refractivity contribution is 0.599. The predicted molar refractivity (Wildman–Crippen MR) is 76.6 cm³/mol. The summed E-state index contributed by atoms with van der Waals surface area (Å²) < 4.78 is 14.5. The van der Waals surface area contributed by atoms with E-state index >= 15 is 0 Å². The highest BCUT2D eigenvalue weighted by Crippen LogP contribution is 2.29. The Morgan fingerprint density at radius 1 is 1.06 bits per heavy atom. The van der Waals surface area contributed by atoms with Crippen LogP contribution >= 0.6 is 39.1 Å². The van der Waals surface area contributed by atoms with Crippen LogP contribution in [0.1, 0.15) is 17.2 Å². The van der Waals surface area contributed by atoms with Gasteiger partial charge in [0.25, 0.3) is 0 Å². The summed E-state index contributed by atoms with van der Waals surface area (Å²) in [6.07, 6.45) is 0. The van der Waals surface area contributed by atoms with E-state index in [-0.39, 0.29) is 5.82 Å². The Hall–Kier alpha value is -0.610. The van der Waals surface area contributed by atoms with E-state index in [2.05, 4.69) is 15.9 Å². The highest BCUT2D eigenvalue weighted by molar-refractivity contribution is 9.10. The van der Waals surface area contributed by atoms with Crippen LogP contribution in [-0.4, -0.2) is 0 Å². The van der Waals surface area contributed by atoms with E-state index in [4.69, 9.17) is 28.9 Å². The number of nitrogens with two attached hydrogens (primary N) is 1. The molecule has 2 aromatic rings. The fraction of sp³-hybridized carbons (Fsp3) is 0.0769. The molecule has 1 nitrogen and oxygen atoms in total. The Bertz CT molecular complexity index is 589. The van der Waals surface area contributed by atoms with Crippen molar-refractivity contribution in [2.75, 3.05) is 0 Å². The van der Waals surface area contributed by atoms with Crippen molar-refractivity contribution in [3.63, 3.8) is 0 Å². The molecule has 0 saturated carbocycles. The number of hydrogen-bond acceptors (Lipinski definition) is 1. The first-order valence-corrected chi connectivity index (χ1v) is 6.69. The van der Waals surface area contributed by atoms with Gasteiger partial charge in [-0.1, -0.05) is 51.3 Å². The van der Waals surface area contributed by atoms with Gasteiger partial charge in [0, 0.05) is 10.0 Å². The molecule has 1 unspecified atom stereocenters. The van der Waals surface area contributed by atoms with Crippen LogP contribution in [0.25, 0.3) is 0 Å². The Morgan fingerprint density at radius 3 is 2.39 bits per heavy atom. The zero-order valence-corrected chi connectivity index (χ0v) is 12.2. The van der Waals surface area contributed by atoms with Crippen LogP contribution in [0.3, 0.4) is 0 Å². The summed E-state index contributed by atoms with van der Waals surface area (Å²) in [7, 11) is 0. The van der Waals surface area contributed by atoms with Gasteiger partial charge in [0.2, 0.25) is 0 Å². The molecule has 18 heavy (non-hydrogen) atoms. The van der Waals surface area contributed by atoms with E-state index in [1.165, 1.54) is 6.07 Å². The van der Waals surface area contributed by atoms with Crippen molar-refractivity contribution >= 4 is 39.1 Å². The third-order valence-corrected chi connectivity index (χ3v) is 3.83. The fourth-order valence-electron chi connectivity index (χ4n) is 1.64. The van der Waals surface area contributed by atoms with Crippen LogP contribution in [0, 0.1) is 5.82 Å². The van der Waals surface area contributed by atoms with E-state index in [1.807, 2.05) is 0 Å². The van der Waals surface area contributed by atoms with Crippen LogP contribution in [0.5, 0.6) is 0 Å². The summed E-state index contributed by atoms with van der Waals surface area (Å²) in [5, 5.41) is 0.853. The minimum absolute atomic E-state index is 0.358. The molecular weight excluding hydrogens is 340 g/mol. The molecule has 0 aromatic heterocycles. The maximum atomic E-state index is 13.8. The average molecular weight is 349 g/mol. The fourth-order valence-corrected chi connectivity index (χ4v) is 2.28. The van der Waals surface area contributed by atoms with Crippen molar-refractivity contribution in [3.8, 4) is 0 Å². The summed E-state index contributed by atoms with van der Waals surface area (Å²) in [5.74, 6) is -0.358. The standard InChI is InChI=1S/C13H9BrCl2FN/c14-8-2-3-9(12(17)6-8)13(18)7-1-4-10(15)11(16)5-7/h1-6,13H,18H2. The molecule has 2 rings (SSSR count). The highest BCUT2D eigenvalue weighted by Gasteiger charge is 2.14. The third-order valence-electron chi connectivity index (χ3n) is 2.60. The molecule has 0 amide bonds. The number of halogens is 4. The number of rotatable bonds is 2. The van der Waals surface area contributed by atoms with Gasteiger partial charge in [0.15, 0.2) is 0 Å². The average Bonchev–Trinajstić information content (AvgIpc) is 2.32. The molecule has 0 aliphatic carbocycles. The molecule has 0 aliphatic rings. The minimum Gasteiger partial charge on any atom is -0.320 e. The van der Waals surface area contributed by atoms with E-state index in [0.717, 1.165) is 0 Å². The molecule has 0 radical (unpaired) electrons. The van der Waals surface area contributed by atoms with E-state index < -0.39 is 6.04 Å². The highest BCUT2D eigenvalue weighted by atomic mass is 79.9. The van der Waals surface area contributed by atoms with Crippen LogP contribution in [0.4, 0.5) is 4.39 Å². The Balaban J connectivity index is 2.41. The van der Waals surface area contributed by atoms with Gasteiger partial charge in [-0.2, -0.15) is 0 Å². The summed E-state index contributed by atoms with van der Waals surface area (Å²) in [5.41, 5.74) is 7.16. The Labute approximate surface area is 123 Å². The lowest BCUT2D eigenvalue weighted by Gasteiger charge is -2.14. The SMILES string of the molecule is NC(c1ccc(Cl)c(Cl)c1)c1ccc(Br)cc1F. The molecular formula is C13H9BrCl2FN. The maximum Gasteiger partial charge on any atom is 0.129 e. The van der Waals surface area contributed by atoms with Gasteiger partial charge in [-0.15, -0.1) is 0 Å². The second kappa shape index (κ2) is 5.57. The minimum atomic E-state index is -0.576. The zero-order valence-electron chi connectivity index (χ0n) is 9.13. The van der Waals surface area contributed by atoms with Gasteiger partial charge in [0.1, 0.15) is 5.82 Å². The Kier molecular flexibility index (Phi) is 4.28. The molecule has 0 bridgehead atoms. The van der Waals surface area contributed by atoms with Crippen molar-refractivity contribution in [1.29, 1.82) is 0 Å². The number of benzene rings is 2. The molecule has 0 aliphatic heterocycles. The Morgan fingerprint density at radius 2 is 1.78 bits per heavy atom. The largest absolute Gasteiger partial charge is 0.320 e. The van der Waals surface area contributed by atoms with Crippen molar-refractivity contribution in [2.24, 2.45) is 5.73 Å². The molecule has 0 saturated heterocycles. The van der Waals surface area contributed by atoms with Crippen LogP contribution < -0.4 is 5.73 Å². The smallest absolute Gasteiger partial charge is 0.129 e. The summed E-state index contributed by atoms with van der Waals surface area (Å²) in [6.45, 7) is 0. The van der Waals surface area contributed by atoms with E-state index in [9.17, 15) is 4.39 Å². The first-order valence-electron chi connectivity index (χ1n) is 5.14. The van der Waals surface area contributed by atoms with Crippen LogP contribution in [0.2, 0.25) is 10.0 Å². The lowest BCUT2D eigenvalue weighted by atomic mass is 9.99. The second-order valence-corrected chi connectivity index (χ2v) is 5.55. The van der Waals surface area contributed by atoms with Crippen LogP contribution in [0.15, 0.2) is 40.9 Å². The number of hydrogen-bond donors (Lipinski definition) is 1. The van der Waals surface area contributed by atoms with E-state index in [0.29, 0.717) is 25.6 Å². The second-order valence-electron chi connectivity index (χ2n) is 3.82. The molecule has 0 fully saturated rings. The van der Waals surface area contributed by atoms with Crippen molar-refractivity contribution in [3.05, 3.63) is 67.9 Å². The molecule has 1 atom stereocenters. The summed E-state index contributed by atoms with van der Waals surface area (Å²) in [4.78, 5) is 0. The zero-order chi connectivity index (χ0) is 13.3. The molecule has 2 aromatic carbocycles. The summed E-state index contributed by atoms with van der Waals surface area (Å²) >= 11 is 15.0. The predicted octanol–water partition coefficient (Wildman–Crippen LogP) is 4.94. The first kappa shape index (κ1) is 13.8. The lowest BCUT2D eigenvalue weighted by Crippen LogP contribution is -2.13. The molecule has 0 spiro atoms. The topological polar surface area (TPSA) is 26.0 Å². The molecule has 94 valence electrons. The molecule has 0 heterocycles. The maximum absolute atomic E-state index is 13.8. The quantitative estimate of drug-likeness (QED) is 0.816. The van der Waals surface area contributed by atoms with Crippen molar-refractivity contribution in [1.82, 2.24) is 0 Å². The normalized spacial score (nSPS) is 12.5. The van der Waals surface area contributed by atoms with Crippen molar-refractivity contribution < 1.29 is 4.39 Å². The van der Waals surface area contributed by atoms with Gasteiger partial charge >= 0.3 is 0 Å². The third kappa shape index (κ3) is 2.86. The first-order chi connectivity index (χ1) is 8.49. The van der Waals surface area contributed by atoms with E-state index in [1.54, 1.807) is 30.3 Å². The molecule has 5 heteroatoms. The van der Waals surface area contributed by atoms with Gasteiger partial charge in [-0.05, 0) is 29.8 Å². The van der Waals surface area contributed by atoms with Gasteiger partial charge in [-0.3, -0.25) is 0 Å². The van der Waals surface area contributed by atoms with Gasteiger partial charge in [-0.25, -0.2) is 4.39 Å². The van der Waals surface area contributed by atoms with Gasteiger partial charge < -0.3 is 5.73 Å². The molecule has 2 N–H and O–H groups in total. The monoisotopic (exact) mass is 347 g/mol. The van der Waals surface area contributed by atoms with Crippen molar-refractivity contribution in [2.45, 2.75) is 6.04 Å². The van der Waals surface area contributed by atoms with Gasteiger partial charge in [0.05, 0.1) is 16.1 Å². The van der Waals surface area contributed by atoms with Crippen LogP contribution in [-0.2, 0) is 0 Å². The summed E-state index contributed by atoms with van der Waals surface area (Å²) in [6, 6.07) is 9.23.